The van der Waals surface area contributed by atoms with E-state index in [1.54, 1.807) is 48.5 Å². The third-order valence-electron chi connectivity index (χ3n) is 6.41. The minimum Gasteiger partial charge on any atom is -0.485 e. The highest BCUT2D eigenvalue weighted by Crippen LogP contribution is 2.37. The number of fused-ring (bicyclic) bond motifs is 3. The van der Waals surface area contributed by atoms with Gasteiger partial charge < -0.3 is 14.4 Å². The van der Waals surface area contributed by atoms with Crippen molar-refractivity contribution >= 4 is 33.5 Å². The molecular weight excluding hydrogens is 495 g/mol. The monoisotopic (exact) mass is 512 g/mol. The average molecular weight is 513 g/mol. The Morgan fingerprint density at radius 3 is 2.57 bits per heavy atom. The van der Waals surface area contributed by atoms with E-state index < -0.39 is 17.5 Å². The minimum absolute atomic E-state index is 0.0472. The van der Waals surface area contributed by atoms with Gasteiger partial charge in [-0.25, -0.2) is 4.39 Å². The number of carbonyl (C=O) groups excluding carboxylic acids is 1. The Labute approximate surface area is 212 Å². The van der Waals surface area contributed by atoms with Crippen molar-refractivity contribution in [3.05, 3.63) is 110 Å². The van der Waals surface area contributed by atoms with Gasteiger partial charge in [0, 0.05) is 11.1 Å². The molecule has 5 aromatic rings. The van der Waals surface area contributed by atoms with Crippen molar-refractivity contribution in [3.8, 4) is 11.5 Å². The van der Waals surface area contributed by atoms with Crippen LogP contribution in [0.1, 0.15) is 23.1 Å². The van der Waals surface area contributed by atoms with E-state index in [4.69, 9.17) is 9.47 Å². The van der Waals surface area contributed by atoms with E-state index in [0.29, 0.717) is 39.1 Å². The molecule has 0 saturated heterocycles. The van der Waals surface area contributed by atoms with Gasteiger partial charge in [0.1, 0.15) is 17.0 Å². The maximum absolute atomic E-state index is 14.4. The third-order valence-corrected chi connectivity index (χ3v) is 7.44. The summed E-state index contributed by atoms with van der Waals surface area (Å²) in [5, 5.41) is 4.39. The first-order valence-corrected chi connectivity index (χ1v) is 12.4. The van der Waals surface area contributed by atoms with Gasteiger partial charge >= 0.3 is 0 Å². The summed E-state index contributed by atoms with van der Waals surface area (Å²) in [6, 6.07) is 20.8. The molecule has 1 amide bonds. The second-order valence-corrected chi connectivity index (χ2v) is 9.62. The van der Waals surface area contributed by atoms with E-state index in [1.165, 1.54) is 15.5 Å². The fourth-order valence-corrected chi connectivity index (χ4v) is 5.64. The Hall–Kier alpha value is -4.57. The number of thiazole rings is 1. The topological polar surface area (TPSA) is 86.0 Å². The second kappa shape index (κ2) is 8.24. The van der Waals surface area contributed by atoms with Gasteiger partial charge in [0.15, 0.2) is 23.4 Å². The number of amides is 1. The summed E-state index contributed by atoms with van der Waals surface area (Å²) in [4.78, 5) is 33.4. The average Bonchev–Trinajstić information content (AvgIpc) is 3.56. The van der Waals surface area contributed by atoms with Crippen LogP contribution in [0.2, 0.25) is 0 Å². The van der Waals surface area contributed by atoms with Crippen LogP contribution in [0.25, 0.3) is 10.5 Å². The lowest BCUT2D eigenvalue weighted by molar-refractivity contribution is -0.113. The molecule has 4 heterocycles. The first-order chi connectivity index (χ1) is 18.1. The molecule has 182 valence electrons. The summed E-state index contributed by atoms with van der Waals surface area (Å²) in [6.07, 6.45) is -0.567. The van der Waals surface area contributed by atoms with Crippen LogP contribution in [0.15, 0.2) is 77.6 Å². The largest absolute Gasteiger partial charge is 0.485 e. The Kier molecular flexibility index (Phi) is 4.83. The van der Waals surface area contributed by atoms with Gasteiger partial charge in [-0.15, -0.1) is 5.10 Å². The van der Waals surface area contributed by atoms with Crippen molar-refractivity contribution < 1.29 is 18.7 Å². The van der Waals surface area contributed by atoms with Crippen LogP contribution >= 0.6 is 11.3 Å². The van der Waals surface area contributed by atoms with E-state index in [2.05, 4.69) is 10.1 Å². The van der Waals surface area contributed by atoms with Gasteiger partial charge in [-0.1, -0.05) is 59.9 Å². The zero-order valence-corrected chi connectivity index (χ0v) is 19.9. The predicted octanol–water partition coefficient (Wildman–Crippen LogP) is 3.27. The normalized spacial score (nSPS) is 17.9. The van der Waals surface area contributed by atoms with Crippen LogP contribution in [-0.4, -0.2) is 27.1 Å². The number of halogens is 1. The lowest BCUT2D eigenvalue weighted by Crippen LogP contribution is -2.32. The third kappa shape index (κ3) is 3.40. The van der Waals surface area contributed by atoms with Gasteiger partial charge in [-0.05, 0) is 24.3 Å². The van der Waals surface area contributed by atoms with Crippen molar-refractivity contribution in [2.45, 2.75) is 12.6 Å². The number of benzene rings is 3. The lowest BCUT2D eigenvalue weighted by Gasteiger charge is -2.24. The molecule has 0 bridgehead atoms. The summed E-state index contributed by atoms with van der Waals surface area (Å²) < 4.78 is 27.5. The Bertz CT molecular complexity index is 1830. The smallest absolute Gasteiger partial charge is 0.291 e. The van der Waals surface area contributed by atoms with Crippen LogP contribution in [0.5, 0.6) is 11.5 Å². The van der Waals surface area contributed by atoms with E-state index >= 15 is 0 Å². The van der Waals surface area contributed by atoms with Crippen LogP contribution in [0, 0.1) is 5.82 Å². The van der Waals surface area contributed by atoms with Crippen LogP contribution in [0.4, 0.5) is 10.1 Å². The molecule has 1 unspecified atom stereocenters. The summed E-state index contributed by atoms with van der Waals surface area (Å²) in [6.45, 7) is 0.260. The molecule has 7 rings (SSSR count). The molecule has 2 aromatic heterocycles. The highest BCUT2D eigenvalue weighted by Gasteiger charge is 2.35. The van der Waals surface area contributed by atoms with Crippen LogP contribution < -0.4 is 24.5 Å². The lowest BCUT2D eigenvalue weighted by atomic mass is 10.1. The standard InChI is InChI=1S/C27H17FN4O4S/c28-17-9-3-1-7-15(17)13-31-18-10-4-2-8-16(18)22(25(31)33)23-26(34)32-27(37-23)29-24(30-32)21-14-35-19-11-5-6-12-20(19)36-21/h1-12,21H,13-14H2/b23-22-. The molecule has 0 spiro atoms. The number of anilines is 1. The quantitative estimate of drug-likeness (QED) is 0.369. The van der Waals surface area contributed by atoms with E-state index in [0.717, 1.165) is 11.3 Å². The van der Waals surface area contributed by atoms with Crippen LogP contribution in [0.3, 0.4) is 0 Å². The number of aromatic nitrogens is 3. The molecule has 0 N–H and O–H groups in total. The second-order valence-electron chi connectivity index (χ2n) is 8.64. The molecule has 0 fully saturated rings. The van der Waals surface area contributed by atoms with Crippen molar-refractivity contribution in [3.63, 3.8) is 0 Å². The van der Waals surface area contributed by atoms with Crippen LogP contribution in [-0.2, 0) is 11.3 Å². The van der Waals surface area contributed by atoms with E-state index in [-0.39, 0.29) is 29.2 Å². The van der Waals surface area contributed by atoms with Gasteiger partial charge in [0.25, 0.3) is 11.5 Å². The molecule has 2 aliphatic rings. The predicted molar refractivity (Wildman–Crippen MR) is 134 cm³/mol. The number of carbonyl (C=O) groups is 1. The fourth-order valence-electron chi connectivity index (χ4n) is 4.64. The SMILES string of the molecule is O=C1/C(=c2\sc3nc(C4COc5ccccc5O4)nn3c2=O)c2ccccc2N1Cc1ccccc1F. The number of ether oxygens (including phenoxy) is 2. The van der Waals surface area contributed by atoms with Crippen molar-refractivity contribution in [2.75, 3.05) is 11.5 Å². The highest BCUT2D eigenvalue weighted by molar-refractivity contribution is 7.15. The maximum atomic E-state index is 14.4. The number of para-hydroxylation sites is 3. The zero-order valence-electron chi connectivity index (χ0n) is 19.1. The number of nitrogens with zero attached hydrogens (tertiary/aromatic N) is 4. The first kappa shape index (κ1) is 21.7. The summed E-state index contributed by atoms with van der Waals surface area (Å²) >= 11 is 1.09. The Morgan fingerprint density at radius 1 is 0.973 bits per heavy atom. The molecule has 0 saturated carbocycles. The highest BCUT2D eigenvalue weighted by atomic mass is 32.1. The van der Waals surface area contributed by atoms with Crippen molar-refractivity contribution in [1.29, 1.82) is 0 Å². The molecular formula is C27H17FN4O4S. The number of hydrogen-bond donors (Lipinski definition) is 0. The zero-order chi connectivity index (χ0) is 25.1. The van der Waals surface area contributed by atoms with Gasteiger partial charge in [0.05, 0.1) is 17.8 Å². The molecule has 0 radical (unpaired) electrons. The minimum atomic E-state index is -0.567. The maximum Gasteiger partial charge on any atom is 0.291 e. The molecule has 1 atom stereocenters. The Morgan fingerprint density at radius 2 is 1.73 bits per heavy atom. The molecule has 37 heavy (non-hydrogen) atoms. The van der Waals surface area contributed by atoms with Gasteiger partial charge in [-0.2, -0.15) is 9.50 Å². The summed E-state index contributed by atoms with van der Waals surface area (Å²) in [5.41, 5.74) is 1.45. The molecule has 8 nitrogen and oxygen atoms in total. The van der Waals surface area contributed by atoms with Gasteiger partial charge in [-0.3, -0.25) is 9.59 Å². The Balaban J connectivity index is 1.30. The van der Waals surface area contributed by atoms with Crippen molar-refractivity contribution in [1.82, 2.24) is 14.6 Å². The van der Waals surface area contributed by atoms with E-state index in [9.17, 15) is 14.0 Å². The number of hydrogen-bond acceptors (Lipinski definition) is 7. The molecule has 10 heteroatoms. The summed E-state index contributed by atoms with van der Waals surface area (Å²) in [5.74, 6) is 0.786. The fraction of sp³-hybridized carbons (Fsp3) is 0.111. The summed E-state index contributed by atoms with van der Waals surface area (Å²) in [7, 11) is 0. The molecule has 0 aliphatic carbocycles. The van der Waals surface area contributed by atoms with Crippen molar-refractivity contribution in [2.24, 2.45) is 0 Å². The molecule has 3 aromatic carbocycles. The first-order valence-electron chi connectivity index (χ1n) is 11.6. The van der Waals surface area contributed by atoms with E-state index in [1.807, 2.05) is 18.2 Å². The molecule has 2 aliphatic heterocycles. The van der Waals surface area contributed by atoms with Gasteiger partial charge in [0.2, 0.25) is 4.96 Å². The number of rotatable bonds is 3.